The number of thiocarbonyl (C=S) groups is 1. The average molecular weight is 228 g/mol. The van der Waals surface area contributed by atoms with Gasteiger partial charge in [-0.25, -0.2) is 0 Å². The molecule has 0 aromatic carbocycles. The zero-order valence-corrected chi connectivity index (χ0v) is 9.69. The molecule has 76 valence electrons. The van der Waals surface area contributed by atoms with Crippen LogP contribution in [0.2, 0.25) is 0 Å². The second-order valence-corrected chi connectivity index (χ2v) is 4.26. The Labute approximate surface area is 92.5 Å². The summed E-state index contributed by atoms with van der Waals surface area (Å²) in [6.07, 6.45) is 0. The highest BCUT2D eigenvalue weighted by atomic mass is 32.1. The Bertz CT molecular complexity index is 335. The van der Waals surface area contributed by atoms with E-state index in [-0.39, 0.29) is 11.9 Å². The van der Waals surface area contributed by atoms with E-state index in [0.29, 0.717) is 10.6 Å². The lowest BCUT2D eigenvalue weighted by Crippen LogP contribution is -2.42. The highest BCUT2D eigenvalue weighted by Gasteiger charge is 2.19. The van der Waals surface area contributed by atoms with Gasteiger partial charge in [-0.3, -0.25) is 4.79 Å². The number of rotatable bonds is 3. The molecule has 0 aliphatic rings. The van der Waals surface area contributed by atoms with Crippen LogP contribution in [0.25, 0.3) is 0 Å². The van der Waals surface area contributed by atoms with E-state index in [1.165, 1.54) is 11.3 Å². The van der Waals surface area contributed by atoms with Crippen LogP contribution >= 0.6 is 23.6 Å². The zero-order chi connectivity index (χ0) is 10.7. The van der Waals surface area contributed by atoms with Gasteiger partial charge in [0, 0.05) is 12.4 Å². The first-order valence-electron chi connectivity index (χ1n) is 4.12. The highest BCUT2D eigenvalue weighted by molar-refractivity contribution is 7.80. The molecule has 0 aliphatic carbocycles. The van der Waals surface area contributed by atoms with Gasteiger partial charge in [-0.1, -0.05) is 12.2 Å². The topological polar surface area (TPSA) is 46.3 Å². The molecule has 1 atom stereocenters. The van der Waals surface area contributed by atoms with Crippen molar-refractivity contribution < 1.29 is 4.79 Å². The van der Waals surface area contributed by atoms with Crippen molar-refractivity contribution in [2.24, 2.45) is 5.73 Å². The van der Waals surface area contributed by atoms with Gasteiger partial charge in [0.15, 0.2) is 0 Å². The molecule has 0 aliphatic heterocycles. The highest BCUT2D eigenvalue weighted by Crippen LogP contribution is 2.10. The number of nitrogens with zero attached hydrogens (tertiary/aromatic N) is 1. The summed E-state index contributed by atoms with van der Waals surface area (Å²) in [5.41, 5.74) is 6.15. The minimum absolute atomic E-state index is 0.0495. The minimum Gasteiger partial charge on any atom is -0.392 e. The van der Waals surface area contributed by atoms with Gasteiger partial charge in [0.05, 0.1) is 16.6 Å². The Balaban J connectivity index is 2.76. The third-order valence-electron chi connectivity index (χ3n) is 2.08. The molecule has 5 heteroatoms. The molecule has 1 unspecified atom stereocenters. The quantitative estimate of drug-likeness (QED) is 0.797. The first kappa shape index (κ1) is 11.1. The molecular formula is C9H12N2OS2. The molecule has 0 bridgehead atoms. The van der Waals surface area contributed by atoms with Gasteiger partial charge in [0.25, 0.3) is 5.91 Å². The fourth-order valence-electron chi connectivity index (χ4n) is 0.957. The standard InChI is InChI=1S/C9H12N2OS2/c1-6(8(10)13)11(2)9(12)7-3-4-14-5-7/h3-6H,1-2H3,(H2,10,13). The molecule has 0 radical (unpaired) electrons. The van der Waals surface area contributed by atoms with Crippen molar-refractivity contribution in [2.75, 3.05) is 7.05 Å². The molecule has 1 amide bonds. The Morgan fingerprint density at radius 1 is 1.71 bits per heavy atom. The smallest absolute Gasteiger partial charge is 0.255 e. The second kappa shape index (κ2) is 4.52. The van der Waals surface area contributed by atoms with Gasteiger partial charge in [-0.2, -0.15) is 11.3 Å². The van der Waals surface area contributed by atoms with E-state index in [9.17, 15) is 4.79 Å². The fraction of sp³-hybridized carbons (Fsp3) is 0.333. The first-order chi connectivity index (χ1) is 6.54. The molecule has 14 heavy (non-hydrogen) atoms. The normalized spacial score (nSPS) is 12.1. The van der Waals surface area contributed by atoms with Crippen molar-refractivity contribution in [3.63, 3.8) is 0 Å². The Hall–Kier alpha value is -0.940. The van der Waals surface area contributed by atoms with E-state index in [2.05, 4.69) is 0 Å². The summed E-state index contributed by atoms with van der Waals surface area (Å²) in [6, 6.07) is 1.58. The third kappa shape index (κ3) is 2.30. The Kier molecular flexibility index (Phi) is 3.60. The average Bonchev–Trinajstić information content (AvgIpc) is 2.67. The fourth-order valence-corrected chi connectivity index (χ4v) is 1.74. The molecule has 1 aromatic heterocycles. The Morgan fingerprint density at radius 3 is 2.79 bits per heavy atom. The molecule has 0 spiro atoms. The lowest BCUT2D eigenvalue weighted by Gasteiger charge is -2.23. The molecule has 0 saturated carbocycles. The van der Waals surface area contributed by atoms with E-state index in [4.69, 9.17) is 18.0 Å². The second-order valence-electron chi connectivity index (χ2n) is 3.01. The largest absolute Gasteiger partial charge is 0.392 e. The number of likely N-dealkylation sites (N-methyl/N-ethyl adjacent to an activating group) is 1. The molecule has 0 saturated heterocycles. The summed E-state index contributed by atoms with van der Waals surface area (Å²) in [5, 5.41) is 3.68. The van der Waals surface area contributed by atoms with E-state index >= 15 is 0 Å². The van der Waals surface area contributed by atoms with Crippen molar-refractivity contribution in [3.05, 3.63) is 22.4 Å². The number of hydrogen-bond donors (Lipinski definition) is 1. The monoisotopic (exact) mass is 228 g/mol. The number of carbonyl (C=O) groups is 1. The molecule has 0 fully saturated rings. The zero-order valence-electron chi connectivity index (χ0n) is 8.06. The van der Waals surface area contributed by atoms with Crippen LogP contribution in [0.15, 0.2) is 16.8 Å². The van der Waals surface area contributed by atoms with E-state index in [0.717, 1.165) is 0 Å². The van der Waals surface area contributed by atoms with E-state index in [1.54, 1.807) is 18.0 Å². The SMILES string of the molecule is CC(C(N)=S)N(C)C(=O)c1ccsc1. The predicted molar refractivity (Wildman–Crippen MR) is 62.7 cm³/mol. The van der Waals surface area contributed by atoms with Gasteiger partial charge < -0.3 is 10.6 Å². The van der Waals surface area contributed by atoms with Crippen molar-refractivity contribution in [3.8, 4) is 0 Å². The number of hydrogen-bond acceptors (Lipinski definition) is 3. The van der Waals surface area contributed by atoms with Crippen LogP contribution in [0.3, 0.4) is 0 Å². The van der Waals surface area contributed by atoms with Crippen LogP contribution in [0.4, 0.5) is 0 Å². The number of thiophene rings is 1. The van der Waals surface area contributed by atoms with Crippen LogP contribution < -0.4 is 5.73 Å². The Morgan fingerprint density at radius 2 is 2.36 bits per heavy atom. The maximum atomic E-state index is 11.8. The molecular weight excluding hydrogens is 216 g/mol. The van der Waals surface area contributed by atoms with Crippen LogP contribution in [0, 0.1) is 0 Å². The molecule has 1 heterocycles. The van der Waals surface area contributed by atoms with Gasteiger partial charge in [0.1, 0.15) is 0 Å². The first-order valence-corrected chi connectivity index (χ1v) is 5.48. The van der Waals surface area contributed by atoms with E-state index in [1.807, 2.05) is 17.7 Å². The summed E-state index contributed by atoms with van der Waals surface area (Å²) in [6.45, 7) is 1.81. The maximum absolute atomic E-state index is 11.8. The molecule has 1 aromatic rings. The van der Waals surface area contributed by atoms with Crippen LogP contribution in [0.1, 0.15) is 17.3 Å². The summed E-state index contributed by atoms with van der Waals surface area (Å²) < 4.78 is 0. The molecule has 3 nitrogen and oxygen atoms in total. The van der Waals surface area contributed by atoms with Crippen molar-refractivity contribution in [2.45, 2.75) is 13.0 Å². The lowest BCUT2D eigenvalue weighted by molar-refractivity contribution is 0.0779. The van der Waals surface area contributed by atoms with Crippen molar-refractivity contribution in [1.82, 2.24) is 4.90 Å². The van der Waals surface area contributed by atoms with Gasteiger partial charge in [-0.15, -0.1) is 0 Å². The van der Waals surface area contributed by atoms with Crippen molar-refractivity contribution in [1.29, 1.82) is 0 Å². The van der Waals surface area contributed by atoms with Crippen LogP contribution in [-0.2, 0) is 0 Å². The van der Waals surface area contributed by atoms with Crippen LogP contribution in [-0.4, -0.2) is 28.9 Å². The maximum Gasteiger partial charge on any atom is 0.255 e. The number of amides is 1. The number of carbonyl (C=O) groups excluding carboxylic acids is 1. The summed E-state index contributed by atoms with van der Waals surface area (Å²) in [7, 11) is 1.70. The van der Waals surface area contributed by atoms with Gasteiger partial charge >= 0.3 is 0 Å². The summed E-state index contributed by atoms with van der Waals surface area (Å²) >= 11 is 6.32. The summed E-state index contributed by atoms with van der Waals surface area (Å²) in [5.74, 6) is -0.0495. The van der Waals surface area contributed by atoms with Gasteiger partial charge in [0.2, 0.25) is 0 Å². The van der Waals surface area contributed by atoms with Crippen LogP contribution in [0.5, 0.6) is 0 Å². The van der Waals surface area contributed by atoms with Crippen molar-refractivity contribution >= 4 is 34.5 Å². The third-order valence-corrected chi connectivity index (χ3v) is 3.11. The van der Waals surface area contributed by atoms with E-state index < -0.39 is 0 Å². The lowest BCUT2D eigenvalue weighted by atomic mass is 10.2. The number of nitrogens with two attached hydrogens (primary N) is 1. The summed E-state index contributed by atoms with van der Waals surface area (Å²) in [4.78, 5) is 13.6. The predicted octanol–water partition coefficient (Wildman–Crippen LogP) is 1.49. The molecule has 1 rings (SSSR count). The molecule has 2 N–H and O–H groups in total. The van der Waals surface area contributed by atoms with Gasteiger partial charge in [-0.05, 0) is 18.4 Å². The minimum atomic E-state index is -0.211.